The van der Waals surface area contributed by atoms with Crippen molar-refractivity contribution in [3.05, 3.63) is 30.1 Å². The molecule has 1 aromatic carbocycles. The number of rotatable bonds is 2. The lowest BCUT2D eigenvalue weighted by molar-refractivity contribution is -0.299. The Morgan fingerprint density at radius 3 is 2.14 bits per heavy atom. The van der Waals surface area contributed by atoms with Crippen molar-refractivity contribution in [3.8, 4) is 0 Å². The van der Waals surface area contributed by atoms with E-state index in [-0.39, 0.29) is 10.3 Å². The maximum atomic E-state index is 12.9. The lowest BCUT2D eigenvalue weighted by atomic mass is 9.82. The van der Waals surface area contributed by atoms with Crippen LogP contribution in [0.1, 0.15) is 13.8 Å². The molecule has 0 atom stereocenters. The van der Waals surface area contributed by atoms with Crippen LogP contribution in [0, 0.1) is 11.2 Å². The summed E-state index contributed by atoms with van der Waals surface area (Å²) in [6.07, 6.45) is 0. The Hall–Kier alpha value is -1.02. The molecule has 0 unspecified atom stereocenters. The molecule has 3 rings (SSSR count). The van der Waals surface area contributed by atoms with E-state index in [0.717, 1.165) is 12.1 Å². The van der Waals surface area contributed by atoms with Crippen molar-refractivity contribution in [3.63, 3.8) is 0 Å². The summed E-state index contributed by atoms with van der Waals surface area (Å²) in [6.45, 7) is 5.37. The first kappa shape index (κ1) is 14.9. The van der Waals surface area contributed by atoms with E-state index < -0.39 is 21.6 Å². The third-order valence-electron chi connectivity index (χ3n) is 3.93. The van der Waals surface area contributed by atoms with Crippen molar-refractivity contribution in [2.45, 2.75) is 24.5 Å². The smallest absolute Gasteiger partial charge is 0.243 e. The summed E-state index contributed by atoms with van der Waals surface area (Å²) in [5, 5.41) is 0. The molecule has 21 heavy (non-hydrogen) atoms. The summed E-state index contributed by atoms with van der Waals surface area (Å²) in [6, 6.07) is 4.87. The van der Waals surface area contributed by atoms with E-state index in [1.165, 1.54) is 16.4 Å². The minimum absolute atomic E-state index is 0.108. The zero-order chi connectivity index (χ0) is 15.3. The molecule has 0 amide bonds. The molecular weight excluding hydrogens is 297 g/mol. The van der Waals surface area contributed by atoms with Crippen LogP contribution in [0.15, 0.2) is 29.2 Å². The van der Waals surface area contributed by atoms with E-state index in [0.29, 0.717) is 26.3 Å². The van der Waals surface area contributed by atoms with Crippen LogP contribution in [0.3, 0.4) is 0 Å². The predicted octanol–water partition coefficient (Wildman–Crippen LogP) is 1.60. The van der Waals surface area contributed by atoms with Crippen molar-refractivity contribution in [2.24, 2.45) is 5.41 Å². The topological polar surface area (TPSA) is 55.8 Å². The molecule has 2 aliphatic rings. The molecule has 2 saturated heterocycles. The number of sulfonamides is 1. The van der Waals surface area contributed by atoms with Crippen molar-refractivity contribution in [1.29, 1.82) is 0 Å². The monoisotopic (exact) mass is 315 g/mol. The molecule has 0 radical (unpaired) electrons. The number of hydrogen-bond acceptors (Lipinski definition) is 4. The second-order valence-corrected chi connectivity index (χ2v) is 8.14. The van der Waals surface area contributed by atoms with E-state index in [1.54, 1.807) is 0 Å². The highest BCUT2D eigenvalue weighted by Gasteiger charge is 2.52. The molecule has 2 fully saturated rings. The summed E-state index contributed by atoms with van der Waals surface area (Å²) in [4.78, 5) is 0.108. The maximum Gasteiger partial charge on any atom is 0.243 e. The molecule has 5 nitrogen and oxygen atoms in total. The Bertz CT molecular complexity index is 623. The van der Waals surface area contributed by atoms with Gasteiger partial charge in [0.25, 0.3) is 0 Å². The normalized spacial score (nSPS) is 24.7. The molecule has 1 aromatic rings. The van der Waals surface area contributed by atoms with Gasteiger partial charge in [0.2, 0.25) is 10.0 Å². The summed E-state index contributed by atoms with van der Waals surface area (Å²) in [5.41, 5.74) is -0.261. The standard InChI is InChI=1S/C14H18FNO4S/c1-13(2)19-9-14(10-20-13)7-16(8-14)21(17,18)12-5-3-11(15)4-6-12/h3-6H,7-10H2,1-2H3. The van der Waals surface area contributed by atoms with E-state index in [1.807, 2.05) is 13.8 Å². The SMILES string of the molecule is CC1(C)OCC2(CO1)CN(S(=O)(=O)c1ccc(F)cc1)C2. The van der Waals surface area contributed by atoms with E-state index in [2.05, 4.69) is 0 Å². The summed E-state index contributed by atoms with van der Waals surface area (Å²) in [7, 11) is -3.57. The van der Waals surface area contributed by atoms with Crippen molar-refractivity contribution in [1.82, 2.24) is 4.31 Å². The van der Waals surface area contributed by atoms with E-state index in [4.69, 9.17) is 9.47 Å². The van der Waals surface area contributed by atoms with Crippen LogP contribution in [0.2, 0.25) is 0 Å². The third kappa shape index (κ3) is 2.70. The average molecular weight is 315 g/mol. The van der Waals surface area contributed by atoms with Crippen LogP contribution in [0.5, 0.6) is 0 Å². The van der Waals surface area contributed by atoms with Gasteiger partial charge in [-0.2, -0.15) is 4.31 Å². The zero-order valence-corrected chi connectivity index (χ0v) is 12.8. The van der Waals surface area contributed by atoms with Gasteiger partial charge >= 0.3 is 0 Å². The Balaban J connectivity index is 1.70. The highest BCUT2D eigenvalue weighted by molar-refractivity contribution is 7.89. The lowest BCUT2D eigenvalue weighted by Gasteiger charge is -2.53. The summed E-state index contributed by atoms with van der Waals surface area (Å²) < 4.78 is 50.3. The van der Waals surface area contributed by atoms with Crippen LogP contribution in [0.4, 0.5) is 4.39 Å². The molecule has 116 valence electrons. The van der Waals surface area contributed by atoms with Gasteiger partial charge in [0, 0.05) is 18.5 Å². The minimum Gasteiger partial charge on any atom is -0.350 e. The molecule has 0 aliphatic carbocycles. The summed E-state index contributed by atoms with van der Waals surface area (Å²) in [5.74, 6) is -1.06. The fraction of sp³-hybridized carbons (Fsp3) is 0.571. The lowest BCUT2D eigenvalue weighted by Crippen LogP contribution is -2.65. The Kier molecular flexibility index (Phi) is 3.36. The Labute approximate surface area is 123 Å². The second kappa shape index (κ2) is 4.74. The molecule has 0 saturated carbocycles. The Morgan fingerprint density at radius 1 is 1.10 bits per heavy atom. The van der Waals surface area contributed by atoms with E-state index >= 15 is 0 Å². The summed E-state index contributed by atoms with van der Waals surface area (Å²) >= 11 is 0. The first-order valence-electron chi connectivity index (χ1n) is 6.76. The van der Waals surface area contributed by atoms with Gasteiger partial charge in [0.1, 0.15) is 5.82 Å². The third-order valence-corrected chi connectivity index (χ3v) is 5.73. The van der Waals surface area contributed by atoms with Crippen LogP contribution < -0.4 is 0 Å². The van der Waals surface area contributed by atoms with Crippen LogP contribution in [0.25, 0.3) is 0 Å². The van der Waals surface area contributed by atoms with Gasteiger partial charge in [-0.3, -0.25) is 0 Å². The van der Waals surface area contributed by atoms with E-state index in [9.17, 15) is 12.8 Å². The molecule has 2 heterocycles. The maximum absolute atomic E-state index is 12.9. The number of benzene rings is 1. The Morgan fingerprint density at radius 2 is 1.62 bits per heavy atom. The molecule has 2 aliphatic heterocycles. The van der Waals surface area contributed by atoms with Gasteiger partial charge in [-0.25, -0.2) is 12.8 Å². The number of ether oxygens (including phenoxy) is 2. The number of nitrogens with zero attached hydrogens (tertiary/aromatic N) is 1. The minimum atomic E-state index is -3.57. The highest BCUT2D eigenvalue weighted by Crippen LogP contribution is 2.40. The molecule has 0 bridgehead atoms. The molecule has 7 heteroatoms. The van der Waals surface area contributed by atoms with Gasteiger partial charge in [-0.05, 0) is 38.1 Å². The molecule has 1 spiro atoms. The highest BCUT2D eigenvalue weighted by atomic mass is 32.2. The van der Waals surface area contributed by atoms with Crippen LogP contribution >= 0.6 is 0 Å². The fourth-order valence-corrected chi connectivity index (χ4v) is 4.21. The molecular formula is C14H18FNO4S. The van der Waals surface area contributed by atoms with Gasteiger partial charge in [0.15, 0.2) is 5.79 Å². The van der Waals surface area contributed by atoms with Crippen molar-refractivity contribution < 1.29 is 22.3 Å². The molecule has 0 N–H and O–H groups in total. The largest absolute Gasteiger partial charge is 0.350 e. The first-order chi connectivity index (χ1) is 9.73. The molecule has 0 aromatic heterocycles. The van der Waals surface area contributed by atoms with Crippen molar-refractivity contribution in [2.75, 3.05) is 26.3 Å². The van der Waals surface area contributed by atoms with Crippen LogP contribution in [-0.2, 0) is 19.5 Å². The van der Waals surface area contributed by atoms with Gasteiger partial charge in [0.05, 0.1) is 18.1 Å². The van der Waals surface area contributed by atoms with Gasteiger partial charge in [-0.1, -0.05) is 0 Å². The van der Waals surface area contributed by atoms with Gasteiger partial charge < -0.3 is 9.47 Å². The quantitative estimate of drug-likeness (QED) is 0.832. The average Bonchev–Trinajstić information content (AvgIpc) is 2.37. The van der Waals surface area contributed by atoms with Gasteiger partial charge in [-0.15, -0.1) is 0 Å². The number of hydrogen-bond donors (Lipinski definition) is 0. The predicted molar refractivity (Wildman–Crippen MR) is 73.6 cm³/mol. The van der Waals surface area contributed by atoms with Crippen LogP contribution in [-0.4, -0.2) is 44.8 Å². The first-order valence-corrected chi connectivity index (χ1v) is 8.20. The fourth-order valence-electron chi connectivity index (χ4n) is 2.55. The second-order valence-electron chi connectivity index (χ2n) is 6.20. The zero-order valence-electron chi connectivity index (χ0n) is 12.0. The van der Waals surface area contributed by atoms with Crippen molar-refractivity contribution >= 4 is 10.0 Å². The number of halogens is 1.